The molecule has 0 heterocycles. The molecule has 98 valence electrons. The van der Waals surface area contributed by atoms with E-state index in [2.05, 4.69) is 0 Å². The third kappa shape index (κ3) is 3.29. The van der Waals surface area contributed by atoms with Crippen LogP contribution in [0.25, 0.3) is 10.8 Å². The third-order valence-electron chi connectivity index (χ3n) is 3.04. The zero-order valence-electron chi connectivity index (χ0n) is 10.8. The number of benzene rings is 2. The van der Waals surface area contributed by atoms with E-state index in [1.54, 1.807) is 11.9 Å². The molecule has 0 fully saturated rings. The summed E-state index contributed by atoms with van der Waals surface area (Å²) in [4.78, 5) is 14.0. The number of hydrogen-bond acceptors (Lipinski definition) is 2. The number of amides is 1. The molecule has 4 heteroatoms. The fourth-order valence-corrected chi connectivity index (χ4v) is 2.26. The average Bonchev–Trinajstić information content (AvgIpc) is 2.38. The van der Waals surface area contributed by atoms with Crippen molar-refractivity contribution in [3.63, 3.8) is 0 Å². The number of fused-ring (bicyclic) bond motifs is 1. The number of nitrogens with two attached hydrogens (primary N) is 1. The van der Waals surface area contributed by atoms with Gasteiger partial charge < -0.3 is 10.6 Å². The normalized spacial score (nSPS) is 10.4. The molecular formula is C15H16N2OS. The van der Waals surface area contributed by atoms with E-state index in [-0.39, 0.29) is 5.91 Å². The van der Waals surface area contributed by atoms with Crippen LogP contribution in [0.2, 0.25) is 0 Å². The minimum atomic E-state index is 0.0177. The minimum Gasteiger partial charge on any atom is -0.392 e. The summed E-state index contributed by atoms with van der Waals surface area (Å²) in [6.07, 6.45) is 0.362. The van der Waals surface area contributed by atoms with E-state index in [1.807, 2.05) is 42.5 Å². The number of carbonyl (C=O) groups is 1. The molecule has 0 bridgehead atoms. The van der Waals surface area contributed by atoms with E-state index in [4.69, 9.17) is 18.0 Å². The number of carbonyl (C=O) groups excluding carboxylic acids is 1. The Morgan fingerprint density at radius 1 is 1.21 bits per heavy atom. The van der Waals surface area contributed by atoms with Crippen molar-refractivity contribution in [3.8, 4) is 0 Å². The van der Waals surface area contributed by atoms with Crippen molar-refractivity contribution in [1.29, 1.82) is 0 Å². The maximum absolute atomic E-state index is 12.1. The van der Waals surface area contributed by atoms with Crippen LogP contribution in [-0.4, -0.2) is 29.4 Å². The van der Waals surface area contributed by atoms with E-state index in [1.165, 1.54) is 0 Å². The Kier molecular flexibility index (Phi) is 4.12. The van der Waals surface area contributed by atoms with Crippen LogP contribution in [-0.2, 0) is 11.2 Å². The average molecular weight is 272 g/mol. The summed E-state index contributed by atoms with van der Waals surface area (Å²) >= 11 is 4.82. The van der Waals surface area contributed by atoms with Gasteiger partial charge in [-0.25, -0.2) is 0 Å². The van der Waals surface area contributed by atoms with Gasteiger partial charge in [0.1, 0.15) is 0 Å². The summed E-state index contributed by atoms with van der Waals surface area (Å²) in [5.74, 6) is 0.0177. The number of hydrogen-bond donors (Lipinski definition) is 1. The van der Waals surface area contributed by atoms with Crippen molar-refractivity contribution in [2.45, 2.75) is 6.42 Å². The standard InChI is InChI=1S/C15H16N2OS/c1-17(10-14(16)19)15(18)9-12-7-4-6-11-5-2-3-8-13(11)12/h2-8H,9-10H2,1H3,(H2,16,19). The molecule has 2 rings (SSSR count). The maximum atomic E-state index is 12.1. The van der Waals surface area contributed by atoms with E-state index >= 15 is 0 Å². The topological polar surface area (TPSA) is 46.3 Å². The maximum Gasteiger partial charge on any atom is 0.227 e. The molecule has 0 aliphatic heterocycles. The molecule has 2 aromatic rings. The van der Waals surface area contributed by atoms with E-state index in [0.29, 0.717) is 18.0 Å². The van der Waals surface area contributed by atoms with Crippen LogP contribution in [0.3, 0.4) is 0 Å². The number of thiocarbonyl (C=S) groups is 1. The van der Waals surface area contributed by atoms with Crippen LogP contribution < -0.4 is 5.73 Å². The fraction of sp³-hybridized carbons (Fsp3) is 0.200. The van der Waals surface area contributed by atoms with Gasteiger partial charge in [0.05, 0.1) is 18.0 Å². The van der Waals surface area contributed by atoms with Crippen molar-refractivity contribution in [3.05, 3.63) is 48.0 Å². The molecule has 0 saturated heterocycles. The first-order valence-electron chi connectivity index (χ1n) is 6.07. The molecular weight excluding hydrogens is 256 g/mol. The lowest BCUT2D eigenvalue weighted by Gasteiger charge is -2.16. The van der Waals surface area contributed by atoms with Gasteiger partial charge in [0.2, 0.25) is 5.91 Å². The van der Waals surface area contributed by atoms with Crippen LogP contribution in [0.15, 0.2) is 42.5 Å². The third-order valence-corrected chi connectivity index (χ3v) is 3.17. The highest BCUT2D eigenvalue weighted by Crippen LogP contribution is 2.19. The summed E-state index contributed by atoms with van der Waals surface area (Å²) in [6.45, 7) is 0.318. The van der Waals surface area contributed by atoms with Crippen molar-refractivity contribution < 1.29 is 4.79 Å². The summed E-state index contributed by atoms with van der Waals surface area (Å²) < 4.78 is 0. The summed E-state index contributed by atoms with van der Waals surface area (Å²) in [6, 6.07) is 14.0. The molecule has 0 aromatic heterocycles. The Morgan fingerprint density at radius 2 is 1.89 bits per heavy atom. The van der Waals surface area contributed by atoms with Gasteiger partial charge in [0, 0.05) is 7.05 Å². The number of rotatable bonds is 4. The van der Waals surface area contributed by atoms with Gasteiger partial charge in [-0.1, -0.05) is 54.7 Å². The van der Waals surface area contributed by atoms with E-state index < -0.39 is 0 Å². The lowest BCUT2D eigenvalue weighted by Crippen LogP contribution is -2.35. The predicted octanol–water partition coefficient (Wildman–Crippen LogP) is 2.13. The Labute approximate surface area is 118 Å². The SMILES string of the molecule is CN(CC(N)=S)C(=O)Cc1cccc2ccccc12. The zero-order valence-corrected chi connectivity index (χ0v) is 11.6. The minimum absolute atomic E-state index is 0.0177. The molecule has 0 unspecified atom stereocenters. The highest BCUT2D eigenvalue weighted by atomic mass is 32.1. The predicted molar refractivity (Wildman–Crippen MR) is 82.1 cm³/mol. The second-order valence-corrected chi connectivity index (χ2v) is 5.06. The second kappa shape index (κ2) is 5.80. The molecule has 19 heavy (non-hydrogen) atoms. The van der Waals surface area contributed by atoms with Gasteiger partial charge in [-0.3, -0.25) is 4.79 Å². The number of likely N-dealkylation sites (N-methyl/N-ethyl adjacent to an activating group) is 1. The Morgan fingerprint density at radius 3 is 2.63 bits per heavy atom. The lowest BCUT2D eigenvalue weighted by molar-refractivity contribution is -0.128. The Balaban J connectivity index is 2.22. The van der Waals surface area contributed by atoms with Gasteiger partial charge in [-0.15, -0.1) is 0 Å². The molecule has 3 nitrogen and oxygen atoms in total. The monoisotopic (exact) mass is 272 g/mol. The van der Waals surface area contributed by atoms with Gasteiger partial charge in [0.25, 0.3) is 0 Å². The quantitative estimate of drug-likeness (QED) is 0.867. The van der Waals surface area contributed by atoms with Gasteiger partial charge in [0.15, 0.2) is 0 Å². The Hall–Kier alpha value is -1.94. The van der Waals surface area contributed by atoms with Crippen molar-refractivity contribution >= 4 is 33.9 Å². The Bertz CT molecular complexity index is 619. The highest BCUT2D eigenvalue weighted by Gasteiger charge is 2.11. The molecule has 0 atom stereocenters. The second-order valence-electron chi connectivity index (χ2n) is 4.53. The number of nitrogens with zero attached hydrogens (tertiary/aromatic N) is 1. The van der Waals surface area contributed by atoms with Crippen molar-refractivity contribution in [1.82, 2.24) is 4.90 Å². The molecule has 0 spiro atoms. The van der Waals surface area contributed by atoms with E-state index in [9.17, 15) is 4.79 Å². The smallest absolute Gasteiger partial charge is 0.227 e. The first-order chi connectivity index (χ1) is 9.08. The highest BCUT2D eigenvalue weighted by molar-refractivity contribution is 7.80. The van der Waals surface area contributed by atoms with Gasteiger partial charge in [-0.2, -0.15) is 0 Å². The molecule has 2 N–H and O–H groups in total. The molecule has 0 radical (unpaired) electrons. The summed E-state index contributed by atoms with van der Waals surface area (Å²) in [5.41, 5.74) is 6.48. The molecule has 0 aliphatic carbocycles. The zero-order chi connectivity index (χ0) is 13.8. The summed E-state index contributed by atoms with van der Waals surface area (Å²) in [7, 11) is 1.71. The largest absolute Gasteiger partial charge is 0.392 e. The molecule has 0 aliphatic rings. The molecule has 1 amide bonds. The van der Waals surface area contributed by atoms with Crippen molar-refractivity contribution in [2.24, 2.45) is 5.73 Å². The van der Waals surface area contributed by atoms with Gasteiger partial charge in [-0.05, 0) is 16.3 Å². The van der Waals surface area contributed by atoms with Crippen LogP contribution in [0.1, 0.15) is 5.56 Å². The van der Waals surface area contributed by atoms with Crippen LogP contribution in [0, 0.1) is 0 Å². The first-order valence-corrected chi connectivity index (χ1v) is 6.47. The summed E-state index contributed by atoms with van der Waals surface area (Å²) in [5, 5.41) is 2.26. The first kappa shape index (κ1) is 13.5. The van der Waals surface area contributed by atoms with Crippen molar-refractivity contribution in [2.75, 3.05) is 13.6 Å². The fourth-order valence-electron chi connectivity index (χ4n) is 2.07. The van der Waals surface area contributed by atoms with Crippen LogP contribution >= 0.6 is 12.2 Å². The lowest BCUT2D eigenvalue weighted by atomic mass is 10.0. The van der Waals surface area contributed by atoms with E-state index in [0.717, 1.165) is 16.3 Å². The van der Waals surface area contributed by atoms with Crippen LogP contribution in [0.4, 0.5) is 0 Å². The molecule has 2 aromatic carbocycles. The van der Waals surface area contributed by atoms with Gasteiger partial charge >= 0.3 is 0 Å². The van der Waals surface area contributed by atoms with Crippen LogP contribution in [0.5, 0.6) is 0 Å². The molecule has 0 saturated carbocycles.